The lowest BCUT2D eigenvalue weighted by molar-refractivity contribution is 0.590. The van der Waals surface area contributed by atoms with Gasteiger partial charge in [0, 0.05) is 61.5 Å². The summed E-state index contributed by atoms with van der Waals surface area (Å²) in [5.41, 5.74) is 33.6. The quantitative estimate of drug-likeness (QED) is 0.0999. The minimum Gasteiger partial charge on any atom is -0.310 e. The smallest absolute Gasteiger partial charge is 0.252 e. The van der Waals surface area contributed by atoms with Crippen LogP contribution in [0.15, 0.2) is 346 Å². The van der Waals surface area contributed by atoms with E-state index < -0.39 is 0 Å². The van der Waals surface area contributed by atoms with Gasteiger partial charge in [-0.2, -0.15) is 0 Å². The largest absolute Gasteiger partial charge is 0.310 e. The zero-order valence-corrected chi connectivity index (χ0v) is 62.8. The second-order valence-electron chi connectivity index (χ2n) is 32.8. The molecule has 0 saturated heterocycles. The summed E-state index contributed by atoms with van der Waals surface area (Å²) in [5, 5.41) is 7.37. The van der Waals surface area contributed by atoms with Gasteiger partial charge in [-0.1, -0.05) is 335 Å². The van der Waals surface area contributed by atoms with Crippen molar-refractivity contribution in [3.8, 4) is 83.6 Å². The van der Waals surface area contributed by atoms with Gasteiger partial charge in [0.1, 0.15) is 0 Å². The highest BCUT2D eigenvalue weighted by Crippen LogP contribution is 2.56. The Balaban J connectivity index is 0.980. The molecule has 2 aliphatic heterocycles. The van der Waals surface area contributed by atoms with Crippen molar-refractivity contribution >= 4 is 101 Å². The van der Waals surface area contributed by atoms with Crippen LogP contribution in [0.4, 0.5) is 34.1 Å². The van der Waals surface area contributed by atoms with Gasteiger partial charge in [-0.05, 0) is 199 Å². The fraction of sp³-hybridized carbons (Fsp3) is 0.115. The molecule has 16 aromatic carbocycles. The Bertz CT molecular complexity index is 6220. The van der Waals surface area contributed by atoms with E-state index >= 15 is 0 Å². The molecule has 0 aliphatic carbocycles. The molecule has 0 N–H and O–H groups in total. The van der Waals surface area contributed by atoms with Gasteiger partial charge >= 0.3 is 0 Å². The molecule has 0 spiro atoms. The first-order valence-electron chi connectivity index (χ1n) is 38.3. The summed E-state index contributed by atoms with van der Waals surface area (Å²) >= 11 is 0. The number of hydrogen-bond acceptors (Lipinski definition) is 2. The van der Waals surface area contributed by atoms with Crippen LogP contribution in [-0.2, 0) is 16.2 Å². The SMILES string of the molecule is CC(C)(C)c1cc(-c2ccccc2)c(N2c3cc(-c4ccc5c(-c6ccccc6)c6ccccc6c(-c6ccccc6)c5c4)ccc3B3c4ccc(-n5c6ccccc6c6ccccc65)cc4N(c4c(-c5ccccc5)cc(C(C)(C)C)cc4-c4ccccc4)c4cc(C(C)(C)C)cc2c43)c(-c2ccccc2)c1. The number of benzene rings is 16. The predicted octanol–water partition coefficient (Wildman–Crippen LogP) is 26.7. The van der Waals surface area contributed by atoms with Crippen molar-refractivity contribution in [2.45, 2.75) is 78.6 Å². The molecule has 0 atom stereocenters. The minimum atomic E-state index is -0.336. The Hall–Kier alpha value is -12.5. The van der Waals surface area contributed by atoms with Crippen molar-refractivity contribution in [2.24, 2.45) is 0 Å². The molecule has 0 fully saturated rings. The third-order valence-electron chi connectivity index (χ3n) is 23.0. The lowest BCUT2D eigenvalue weighted by atomic mass is 9.33. The number of nitrogens with zero attached hydrogens (tertiary/aromatic N) is 3. The van der Waals surface area contributed by atoms with Crippen molar-refractivity contribution in [3.05, 3.63) is 362 Å². The Morgan fingerprint density at radius 3 is 0.954 bits per heavy atom. The summed E-state index contributed by atoms with van der Waals surface area (Å²) in [6.07, 6.45) is 0. The van der Waals surface area contributed by atoms with Crippen molar-refractivity contribution in [1.29, 1.82) is 0 Å². The molecule has 108 heavy (non-hydrogen) atoms. The fourth-order valence-electron chi connectivity index (χ4n) is 17.6. The molecule has 3 heterocycles. The van der Waals surface area contributed by atoms with Gasteiger partial charge in [0.25, 0.3) is 6.71 Å². The van der Waals surface area contributed by atoms with E-state index in [1.54, 1.807) is 0 Å². The summed E-state index contributed by atoms with van der Waals surface area (Å²) in [4.78, 5) is 5.48. The Morgan fingerprint density at radius 2 is 0.546 bits per heavy atom. The first kappa shape index (κ1) is 66.2. The maximum absolute atomic E-state index is 2.74. The molecule has 4 heteroatoms. The lowest BCUT2D eigenvalue weighted by Crippen LogP contribution is -2.61. The monoisotopic (exact) mass is 1390 g/mol. The molecule has 518 valence electrons. The molecule has 0 radical (unpaired) electrons. The Morgan fingerprint density at radius 1 is 0.231 bits per heavy atom. The van der Waals surface area contributed by atoms with Gasteiger partial charge in [0.15, 0.2) is 0 Å². The summed E-state index contributed by atoms with van der Waals surface area (Å²) in [7, 11) is 0. The van der Waals surface area contributed by atoms with E-state index in [1.165, 1.54) is 121 Å². The van der Waals surface area contributed by atoms with Gasteiger partial charge in [-0.25, -0.2) is 0 Å². The van der Waals surface area contributed by atoms with E-state index in [1.807, 2.05) is 0 Å². The first-order valence-corrected chi connectivity index (χ1v) is 38.3. The van der Waals surface area contributed by atoms with Gasteiger partial charge in [0.05, 0.1) is 22.4 Å². The van der Waals surface area contributed by atoms with E-state index in [4.69, 9.17) is 0 Å². The van der Waals surface area contributed by atoms with Crippen LogP contribution in [0.25, 0.3) is 127 Å². The molecule has 0 saturated carbocycles. The standard InChI is InChI=1S/C104H84BN3/c1-102(2,3)75-60-84(67-34-16-10-17-35-67)100(85(61-75)68-36-18-11-19-37-68)107-93-59-74(73-52-55-83-88(58-73)98(72-44-26-15-27-45-72)82-49-29-28-48-81(82)97(83)71-42-24-14-25-43-71)53-56-89(93)105-90-57-54-78(106-91-50-32-30-46-79(91)80-47-31-33-51-92(80)106)66-94(90)108(96-65-77(104(7,8)9)64-95(107)99(96)105)101-86(69-38-20-12-21-39-69)62-76(103(4,5)6)63-87(101)70-40-22-13-23-41-70/h10-66H,1-9H3. The average molecular weight is 1390 g/mol. The van der Waals surface area contributed by atoms with Crippen molar-refractivity contribution in [1.82, 2.24) is 4.57 Å². The van der Waals surface area contributed by atoms with E-state index in [9.17, 15) is 0 Å². The van der Waals surface area contributed by atoms with E-state index in [0.29, 0.717) is 0 Å². The zero-order valence-electron chi connectivity index (χ0n) is 62.8. The van der Waals surface area contributed by atoms with Crippen LogP contribution >= 0.6 is 0 Å². The normalized spacial score (nSPS) is 12.8. The molecule has 0 unspecified atom stereocenters. The second-order valence-corrected chi connectivity index (χ2v) is 32.8. The first-order chi connectivity index (χ1) is 52.5. The van der Waals surface area contributed by atoms with E-state index in [0.717, 1.165) is 73.2 Å². The van der Waals surface area contributed by atoms with Crippen LogP contribution in [-0.4, -0.2) is 11.3 Å². The molecular formula is C104H84BN3. The second kappa shape index (κ2) is 25.6. The highest BCUT2D eigenvalue weighted by Gasteiger charge is 2.47. The molecule has 2 aliphatic rings. The summed E-state index contributed by atoms with van der Waals surface area (Å²) in [6, 6.07) is 131. The van der Waals surface area contributed by atoms with Crippen LogP contribution in [0.3, 0.4) is 0 Å². The summed E-state index contributed by atoms with van der Waals surface area (Å²) in [5.74, 6) is 0. The van der Waals surface area contributed by atoms with Crippen LogP contribution in [0.2, 0.25) is 0 Å². The van der Waals surface area contributed by atoms with E-state index in [-0.39, 0.29) is 23.0 Å². The number of aromatic nitrogens is 1. The fourth-order valence-corrected chi connectivity index (χ4v) is 17.6. The average Bonchev–Trinajstić information content (AvgIpc) is 0.716. The predicted molar refractivity (Wildman–Crippen MR) is 464 cm³/mol. The maximum Gasteiger partial charge on any atom is 0.252 e. The Kier molecular flexibility index (Phi) is 15.7. The lowest BCUT2D eigenvalue weighted by Gasteiger charge is -2.47. The molecule has 0 bridgehead atoms. The molecule has 19 rings (SSSR count). The number of fused-ring (bicyclic) bond motifs is 9. The maximum atomic E-state index is 2.74. The van der Waals surface area contributed by atoms with Gasteiger partial charge < -0.3 is 14.4 Å². The van der Waals surface area contributed by atoms with Gasteiger partial charge in [-0.15, -0.1) is 0 Å². The zero-order chi connectivity index (χ0) is 73.3. The topological polar surface area (TPSA) is 11.4 Å². The Labute approximate surface area is 635 Å². The van der Waals surface area contributed by atoms with E-state index in [2.05, 4.69) is 422 Å². The number of anilines is 6. The van der Waals surface area contributed by atoms with Crippen molar-refractivity contribution in [2.75, 3.05) is 9.80 Å². The number of para-hydroxylation sites is 2. The van der Waals surface area contributed by atoms with Crippen LogP contribution in [0.1, 0.15) is 79.0 Å². The number of rotatable bonds is 10. The minimum absolute atomic E-state index is 0.194. The summed E-state index contributed by atoms with van der Waals surface area (Å²) in [6.45, 7) is 21.1. The van der Waals surface area contributed by atoms with Gasteiger partial charge in [-0.3, -0.25) is 0 Å². The number of hydrogen-bond donors (Lipinski definition) is 0. The van der Waals surface area contributed by atoms with Crippen LogP contribution < -0.4 is 26.2 Å². The molecule has 17 aromatic rings. The molecular weight excluding hydrogens is 1300 g/mol. The summed E-state index contributed by atoms with van der Waals surface area (Å²) < 4.78 is 2.51. The van der Waals surface area contributed by atoms with Crippen molar-refractivity contribution < 1.29 is 0 Å². The highest BCUT2D eigenvalue weighted by molar-refractivity contribution is 7.00. The third-order valence-corrected chi connectivity index (χ3v) is 23.0. The van der Waals surface area contributed by atoms with Crippen LogP contribution in [0, 0.1) is 0 Å². The van der Waals surface area contributed by atoms with Crippen LogP contribution in [0.5, 0.6) is 0 Å². The van der Waals surface area contributed by atoms with Gasteiger partial charge in [0.2, 0.25) is 0 Å². The molecule has 0 amide bonds. The third kappa shape index (κ3) is 11.0. The van der Waals surface area contributed by atoms with Crippen molar-refractivity contribution in [3.63, 3.8) is 0 Å². The molecule has 3 nitrogen and oxygen atoms in total. The highest BCUT2D eigenvalue weighted by atomic mass is 15.2. The molecule has 1 aromatic heterocycles.